The molecule has 3 aromatic rings. The second-order valence-electron chi connectivity index (χ2n) is 7.90. The van der Waals surface area contributed by atoms with E-state index in [-0.39, 0.29) is 18.4 Å². The van der Waals surface area contributed by atoms with Gasteiger partial charge in [0.1, 0.15) is 12.3 Å². The van der Waals surface area contributed by atoms with Gasteiger partial charge in [-0.25, -0.2) is 8.91 Å². The Balaban J connectivity index is 1.65. The molecule has 0 radical (unpaired) electrons. The van der Waals surface area contributed by atoms with Crippen LogP contribution in [0.25, 0.3) is 5.52 Å². The van der Waals surface area contributed by atoms with Crippen molar-refractivity contribution in [3.8, 4) is 0 Å². The summed E-state index contributed by atoms with van der Waals surface area (Å²) >= 11 is 12.7. The van der Waals surface area contributed by atoms with Crippen molar-refractivity contribution in [2.75, 3.05) is 13.2 Å². The topological polar surface area (TPSA) is 57.8 Å². The van der Waals surface area contributed by atoms with Crippen LogP contribution in [0, 0.1) is 0 Å². The molecule has 3 heterocycles. The monoisotopic (exact) mass is 449 g/mol. The zero-order chi connectivity index (χ0) is 21.6. The predicted octanol–water partition coefficient (Wildman–Crippen LogP) is 4.51. The van der Waals surface area contributed by atoms with Crippen molar-refractivity contribution >= 4 is 34.6 Å². The molecule has 158 valence electrons. The van der Waals surface area contributed by atoms with E-state index in [0.29, 0.717) is 39.7 Å². The number of pyridine rings is 1. The summed E-state index contributed by atoms with van der Waals surface area (Å²) in [6.45, 7) is 3.02. The smallest absolute Gasteiger partial charge is 0.227 e. The summed E-state index contributed by atoms with van der Waals surface area (Å²) in [5.74, 6) is -0.0805. The molecule has 1 N–H and O–H groups in total. The van der Waals surface area contributed by atoms with Crippen molar-refractivity contribution in [2.45, 2.75) is 38.3 Å². The number of hydrogen-bond acceptors (Lipinski definition) is 3. The molecular weight excluding hydrogens is 428 g/mol. The lowest BCUT2D eigenvalue weighted by Gasteiger charge is -2.38. The van der Waals surface area contributed by atoms with E-state index in [1.165, 1.54) is 13.1 Å². The lowest BCUT2D eigenvalue weighted by molar-refractivity contribution is -0.133. The first-order valence-electron chi connectivity index (χ1n) is 9.75. The Morgan fingerprint density at radius 3 is 2.83 bits per heavy atom. The van der Waals surface area contributed by atoms with E-state index in [1.807, 2.05) is 13.0 Å². The molecule has 1 amide bonds. The second-order valence-corrected chi connectivity index (χ2v) is 8.71. The normalized spacial score (nSPS) is 18.3. The Bertz CT molecular complexity index is 1130. The number of aromatic nitrogens is 2. The zero-order valence-corrected chi connectivity index (χ0v) is 18.2. The number of aliphatic hydroxyl groups is 1. The molecule has 0 aliphatic carbocycles. The van der Waals surface area contributed by atoms with Gasteiger partial charge in [0.25, 0.3) is 0 Å². The maximum absolute atomic E-state index is 13.4. The number of halogens is 3. The summed E-state index contributed by atoms with van der Waals surface area (Å²) in [6, 6.07) is 6.96. The third-order valence-corrected chi connectivity index (χ3v) is 6.54. The number of carbonyl (C=O) groups excluding carboxylic acids is 1. The van der Waals surface area contributed by atoms with Gasteiger partial charge in [-0.3, -0.25) is 4.79 Å². The number of hydrogen-bond donors (Lipinski definition) is 1. The summed E-state index contributed by atoms with van der Waals surface area (Å²) in [5, 5.41) is 15.5. The largest absolute Gasteiger partial charge is 0.383 e. The van der Waals surface area contributed by atoms with Crippen LogP contribution in [0.5, 0.6) is 0 Å². The van der Waals surface area contributed by atoms with Gasteiger partial charge in [-0.1, -0.05) is 41.4 Å². The van der Waals surface area contributed by atoms with Crippen molar-refractivity contribution in [3.63, 3.8) is 0 Å². The first-order chi connectivity index (χ1) is 14.2. The molecule has 0 saturated heterocycles. The molecule has 1 aliphatic heterocycles. The van der Waals surface area contributed by atoms with Crippen LogP contribution in [0.15, 0.2) is 36.7 Å². The molecule has 2 aromatic heterocycles. The fourth-order valence-corrected chi connectivity index (χ4v) is 4.75. The van der Waals surface area contributed by atoms with E-state index < -0.39 is 12.3 Å². The molecule has 0 spiro atoms. The number of nitrogens with zero attached hydrogens (tertiary/aromatic N) is 3. The van der Waals surface area contributed by atoms with Gasteiger partial charge in [0.05, 0.1) is 29.2 Å². The van der Waals surface area contributed by atoms with Crippen molar-refractivity contribution in [3.05, 3.63) is 69.0 Å². The number of fused-ring (bicyclic) bond motifs is 2. The summed E-state index contributed by atoms with van der Waals surface area (Å²) in [7, 11) is 0. The summed E-state index contributed by atoms with van der Waals surface area (Å²) in [4.78, 5) is 15.0. The summed E-state index contributed by atoms with van der Waals surface area (Å²) in [5.41, 5.74) is 2.14. The first-order valence-corrected chi connectivity index (χ1v) is 10.5. The SMILES string of the molecule is C[C@H]1c2cccc([C@](C)(O)CF)c2CCN1C(=O)Cc1c(Cl)ccn2ncc(Cl)c12. The molecule has 30 heavy (non-hydrogen) atoms. The average Bonchev–Trinajstić information content (AvgIpc) is 3.11. The Labute approximate surface area is 184 Å². The minimum absolute atomic E-state index is 0.0805. The van der Waals surface area contributed by atoms with Gasteiger partial charge in [0, 0.05) is 23.3 Å². The molecule has 2 atom stereocenters. The molecule has 1 aromatic carbocycles. The Kier molecular flexibility index (Phi) is 5.51. The van der Waals surface area contributed by atoms with E-state index in [1.54, 1.807) is 33.8 Å². The molecule has 0 saturated carbocycles. The highest BCUT2D eigenvalue weighted by atomic mass is 35.5. The lowest BCUT2D eigenvalue weighted by atomic mass is 9.83. The lowest BCUT2D eigenvalue weighted by Crippen LogP contribution is -2.41. The van der Waals surface area contributed by atoms with Gasteiger partial charge >= 0.3 is 0 Å². The van der Waals surface area contributed by atoms with Crippen LogP contribution in [0.2, 0.25) is 10.0 Å². The number of rotatable bonds is 4. The third-order valence-electron chi connectivity index (χ3n) is 5.91. The van der Waals surface area contributed by atoms with Crippen molar-refractivity contribution in [1.29, 1.82) is 0 Å². The third kappa shape index (κ3) is 3.47. The van der Waals surface area contributed by atoms with Crippen molar-refractivity contribution in [2.24, 2.45) is 0 Å². The Hall–Kier alpha value is -2.15. The molecule has 0 fully saturated rings. The fourth-order valence-electron chi connectivity index (χ4n) is 4.29. The van der Waals surface area contributed by atoms with E-state index >= 15 is 0 Å². The molecular formula is C22H22Cl2FN3O2. The molecule has 0 unspecified atom stereocenters. The van der Waals surface area contributed by atoms with Gasteiger partial charge in [0.2, 0.25) is 5.91 Å². The Morgan fingerprint density at radius 2 is 2.10 bits per heavy atom. The highest BCUT2D eigenvalue weighted by Crippen LogP contribution is 2.36. The standard InChI is InChI=1S/C22H22Cl2FN3O2/c1-13-14-4-3-5-17(22(2,30)12-25)15(14)6-8-27(13)20(29)10-16-18(23)7-9-28-21(16)19(24)11-26-28/h3-5,7,9,11,13,30H,6,8,10,12H2,1-2H3/t13-,22+/m0/s1. The molecule has 1 aliphatic rings. The summed E-state index contributed by atoms with van der Waals surface area (Å²) in [6.07, 6.45) is 3.87. The van der Waals surface area contributed by atoms with Crippen LogP contribution < -0.4 is 0 Å². The minimum Gasteiger partial charge on any atom is -0.383 e. The van der Waals surface area contributed by atoms with Crippen LogP contribution >= 0.6 is 23.2 Å². The van der Waals surface area contributed by atoms with E-state index in [4.69, 9.17) is 23.2 Å². The van der Waals surface area contributed by atoms with E-state index in [2.05, 4.69) is 5.10 Å². The number of carbonyl (C=O) groups is 1. The van der Waals surface area contributed by atoms with Gasteiger partial charge in [0.15, 0.2) is 0 Å². The zero-order valence-electron chi connectivity index (χ0n) is 16.7. The quantitative estimate of drug-likeness (QED) is 0.637. The van der Waals surface area contributed by atoms with Gasteiger partial charge < -0.3 is 10.0 Å². The maximum Gasteiger partial charge on any atom is 0.227 e. The fraction of sp³-hybridized carbons (Fsp3) is 0.364. The Morgan fingerprint density at radius 1 is 1.33 bits per heavy atom. The predicted molar refractivity (Wildman–Crippen MR) is 115 cm³/mol. The highest BCUT2D eigenvalue weighted by Gasteiger charge is 2.34. The van der Waals surface area contributed by atoms with Crippen LogP contribution in [0.3, 0.4) is 0 Å². The van der Waals surface area contributed by atoms with Crippen LogP contribution in [0.4, 0.5) is 4.39 Å². The number of alkyl halides is 1. The van der Waals surface area contributed by atoms with Gasteiger partial charge in [-0.15, -0.1) is 0 Å². The van der Waals surface area contributed by atoms with Gasteiger partial charge in [-0.05, 0) is 43.0 Å². The second kappa shape index (κ2) is 7.84. The molecule has 5 nitrogen and oxygen atoms in total. The van der Waals surface area contributed by atoms with E-state index in [9.17, 15) is 14.3 Å². The van der Waals surface area contributed by atoms with Crippen LogP contribution in [-0.2, 0) is 23.2 Å². The van der Waals surface area contributed by atoms with Crippen LogP contribution in [-0.4, -0.2) is 38.7 Å². The van der Waals surface area contributed by atoms with Crippen molar-refractivity contribution in [1.82, 2.24) is 14.5 Å². The van der Waals surface area contributed by atoms with Crippen molar-refractivity contribution < 1.29 is 14.3 Å². The van der Waals surface area contributed by atoms with E-state index in [0.717, 1.165) is 11.1 Å². The molecule has 4 rings (SSSR count). The molecule has 0 bridgehead atoms. The number of benzene rings is 1. The highest BCUT2D eigenvalue weighted by molar-refractivity contribution is 6.36. The summed E-state index contributed by atoms with van der Waals surface area (Å²) < 4.78 is 15.0. The average molecular weight is 450 g/mol. The maximum atomic E-state index is 13.4. The number of amides is 1. The first kappa shape index (κ1) is 21.1. The van der Waals surface area contributed by atoms with Gasteiger partial charge in [-0.2, -0.15) is 5.10 Å². The minimum atomic E-state index is -1.54. The molecule has 8 heteroatoms. The van der Waals surface area contributed by atoms with Crippen LogP contribution in [0.1, 0.15) is 42.1 Å².